The third-order valence-electron chi connectivity index (χ3n) is 5.93. The van der Waals surface area contributed by atoms with Crippen molar-refractivity contribution in [2.75, 3.05) is 13.2 Å². The van der Waals surface area contributed by atoms with E-state index in [1.807, 2.05) is 81.4 Å². The lowest BCUT2D eigenvalue weighted by Crippen LogP contribution is -2.67. The van der Waals surface area contributed by atoms with Crippen LogP contribution in [0.2, 0.25) is 5.04 Å². The average molecular weight is 510 g/mol. The molecule has 0 aromatic heterocycles. The van der Waals surface area contributed by atoms with Gasteiger partial charge in [0.15, 0.2) is 0 Å². The molecule has 6 heteroatoms. The van der Waals surface area contributed by atoms with Crippen LogP contribution in [0, 0.1) is 0 Å². The van der Waals surface area contributed by atoms with Gasteiger partial charge in [-0.15, -0.1) is 0 Å². The second kappa shape index (κ2) is 12.7. The number of benzene rings is 3. The minimum atomic E-state index is -3.41. The zero-order valence-corrected chi connectivity index (χ0v) is 21.8. The van der Waals surface area contributed by atoms with Gasteiger partial charge in [-0.1, -0.05) is 124 Å². The number of hydrogen-bond acceptors (Lipinski definition) is 3. The number of aliphatic hydroxyl groups excluding tert-OH is 1. The molecule has 0 heterocycles. The SMILES string of the molecule is [2H]/C(=C(\[2H])C([2H])([2H])[C@@]([2H])(CO[Si](c1ccccc1)(c1ccccc1)C(C)(C)C)N(Cc1ccccc1)C(=O)O)C([2H])O. The fourth-order valence-corrected chi connectivity index (χ4v) is 8.81. The molecule has 1 unspecified atom stereocenters. The van der Waals surface area contributed by atoms with Gasteiger partial charge in [0, 0.05) is 9.29 Å². The quantitative estimate of drug-likeness (QED) is 0.280. The first-order valence-electron chi connectivity index (χ1n) is 14.7. The molecule has 0 saturated heterocycles. The maximum absolute atomic E-state index is 12.8. The third kappa shape index (κ3) is 6.52. The van der Waals surface area contributed by atoms with E-state index in [-0.39, 0.29) is 0 Å². The first-order chi connectivity index (χ1) is 19.6. The lowest BCUT2D eigenvalue weighted by atomic mass is 10.1. The molecule has 0 radical (unpaired) electrons. The predicted molar refractivity (Wildman–Crippen MR) is 148 cm³/mol. The Bertz CT molecular complexity index is 1330. The van der Waals surface area contributed by atoms with E-state index in [0.29, 0.717) is 10.5 Å². The normalized spacial score (nSPS) is 18.1. The summed E-state index contributed by atoms with van der Waals surface area (Å²) in [6, 6.07) is 22.0. The first kappa shape index (κ1) is 19.9. The van der Waals surface area contributed by atoms with Gasteiger partial charge in [-0.2, -0.15) is 0 Å². The van der Waals surface area contributed by atoms with Gasteiger partial charge in [0.2, 0.25) is 0 Å². The Morgan fingerprint density at radius 2 is 1.50 bits per heavy atom. The summed E-state index contributed by atoms with van der Waals surface area (Å²) in [4.78, 5) is 13.3. The van der Waals surface area contributed by atoms with Crippen molar-refractivity contribution in [3.8, 4) is 0 Å². The summed E-state index contributed by atoms with van der Waals surface area (Å²) in [5, 5.41) is 21.1. The van der Waals surface area contributed by atoms with Crippen LogP contribution in [0.5, 0.6) is 0 Å². The van der Waals surface area contributed by atoms with Crippen molar-refractivity contribution < 1.29 is 27.7 Å². The number of hydrogen-bond donors (Lipinski definition) is 2. The van der Waals surface area contributed by atoms with Gasteiger partial charge in [-0.3, -0.25) is 4.90 Å². The molecule has 3 rings (SSSR count). The predicted octanol–water partition coefficient (Wildman–Crippen LogP) is 5.05. The zero-order valence-electron chi connectivity index (χ0n) is 26.8. The van der Waals surface area contributed by atoms with Crippen LogP contribution in [0.15, 0.2) is 103 Å². The molecule has 0 fully saturated rings. The number of carbonyl (C=O) groups is 1. The molecule has 0 saturated carbocycles. The molecule has 0 aliphatic heterocycles. The Morgan fingerprint density at radius 1 is 1.00 bits per heavy atom. The molecule has 36 heavy (non-hydrogen) atoms. The Kier molecular flexibility index (Phi) is 7.02. The molecular weight excluding hydrogens is 466 g/mol. The van der Waals surface area contributed by atoms with Crippen LogP contribution in [-0.4, -0.2) is 48.7 Å². The van der Waals surface area contributed by atoms with Gasteiger partial charge in [0.05, 0.1) is 24.7 Å². The second-order valence-electron chi connectivity index (χ2n) is 9.28. The molecule has 3 aromatic carbocycles. The molecule has 0 bridgehead atoms. The molecule has 3 aromatic rings. The number of rotatable bonds is 11. The molecular formula is C30H37NO4Si. The highest BCUT2D eigenvalue weighted by atomic mass is 28.4. The lowest BCUT2D eigenvalue weighted by molar-refractivity contribution is 0.0974. The first-order valence-corrected chi connectivity index (χ1v) is 13.6. The molecule has 2 N–H and O–H groups in total. The summed E-state index contributed by atoms with van der Waals surface area (Å²) < 4.78 is 58.1. The van der Waals surface area contributed by atoms with Crippen molar-refractivity contribution in [2.24, 2.45) is 0 Å². The maximum atomic E-state index is 12.8. The molecule has 190 valence electrons. The second-order valence-corrected chi connectivity index (χ2v) is 13.6. The van der Waals surface area contributed by atoms with Crippen LogP contribution >= 0.6 is 0 Å². The number of nitrogens with zero attached hydrogens (tertiary/aromatic N) is 1. The van der Waals surface area contributed by atoms with E-state index in [9.17, 15) is 16.4 Å². The minimum Gasteiger partial charge on any atom is -0.465 e. The van der Waals surface area contributed by atoms with Crippen LogP contribution in [0.1, 0.15) is 40.9 Å². The highest BCUT2D eigenvalue weighted by Crippen LogP contribution is 2.37. The van der Waals surface area contributed by atoms with Crippen LogP contribution in [0.25, 0.3) is 0 Å². The molecule has 0 aliphatic carbocycles. The van der Waals surface area contributed by atoms with E-state index >= 15 is 0 Å². The Hall–Kier alpha value is -3.19. The van der Waals surface area contributed by atoms with Crippen molar-refractivity contribution in [3.05, 3.63) is 109 Å². The molecule has 1 amide bonds. The Morgan fingerprint density at radius 3 is 1.94 bits per heavy atom. The lowest BCUT2D eigenvalue weighted by Gasteiger charge is -2.44. The monoisotopic (exact) mass is 509 g/mol. The Balaban J connectivity index is 2.30. The van der Waals surface area contributed by atoms with Gasteiger partial charge < -0.3 is 14.6 Å². The summed E-state index contributed by atoms with van der Waals surface area (Å²) in [5.41, 5.74) is 0.472. The summed E-state index contributed by atoms with van der Waals surface area (Å²) >= 11 is 0. The highest BCUT2D eigenvalue weighted by molar-refractivity contribution is 6.99. The van der Waals surface area contributed by atoms with E-state index in [0.717, 1.165) is 10.4 Å². The van der Waals surface area contributed by atoms with Crippen LogP contribution in [-0.2, 0) is 11.0 Å². The summed E-state index contributed by atoms with van der Waals surface area (Å²) in [5.74, 6) is 0. The van der Waals surface area contributed by atoms with Crippen LogP contribution < -0.4 is 10.4 Å². The number of carboxylic acid groups (broad SMARTS) is 1. The minimum absolute atomic E-state index is 0.409. The largest absolute Gasteiger partial charge is 0.465 e. The van der Waals surface area contributed by atoms with Crippen LogP contribution in [0.4, 0.5) is 4.79 Å². The van der Waals surface area contributed by atoms with Crippen molar-refractivity contribution in [2.45, 2.75) is 44.7 Å². The topological polar surface area (TPSA) is 70.0 Å². The fraction of sp³-hybridized carbons (Fsp3) is 0.300. The number of amides is 1. The van der Waals surface area contributed by atoms with Gasteiger partial charge >= 0.3 is 6.09 Å². The van der Waals surface area contributed by atoms with E-state index < -0.39 is 63.7 Å². The highest BCUT2D eigenvalue weighted by Gasteiger charge is 2.50. The number of aliphatic hydroxyl groups is 1. The van der Waals surface area contributed by atoms with E-state index in [2.05, 4.69) is 0 Å². The van der Waals surface area contributed by atoms with Gasteiger partial charge in [-0.05, 0) is 27.3 Å². The average Bonchev–Trinajstić information content (AvgIpc) is 2.96. The third-order valence-corrected chi connectivity index (χ3v) is 10.9. The molecule has 2 atom stereocenters. The molecule has 5 nitrogen and oxygen atoms in total. The molecule has 0 aliphatic rings. The van der Waals surface area contributed by atoms with Crippen molar-refractivity contribution in [1.29, 1.82) is 0 Å². The van der Waals surface area contributed by atoms with Gasteiger partial charge in [0.1, 0.15) is 0 Å². The van der Waals surface area contributed by atoms with E-state index in [1.165, 1.54) is 0 Å². The van der Waals surface area contributed by atoms with Crippen molar-refractivity contribution in [3.63, 3.8) is 0 Å². The van der Waals surface area contributed by atoms with Crippen molar-refractivity contribution >= 4 is 24.8 Å². The maximum Gasteiger partial charge on any atom is 0.407 e. The molecule has 0 spiro atoms. The Labute approximate surface area is 224 Å². The fourth-order valence-electron chi connectivity index (χ4n) is 4.30. The standard InChI is InChI=1S/C30H37NO4Si/c1-30(2,3)36(27-18-9-5-10-19-27,28-20-11-6-12-21-28)35-24-26(17-13-14-22-32)31(29(33)34)23-25-15-7-4-8-16-25/h4-16,18-21,26,32H,17,22-24H2,1-3H3,(H,33,34)/b14-13-/t26-/m0/s1/i13D,14D,17D2,22D,26D/t22?,26-. The summed E-state index contributed by atoms with van der Waals surface area (Å²) in [7, 11) is -3.41. The summed E-state index contributed by atoms with van der Waals surface area (Å²) in [6.45, 7) is 2.47. The zero-order chi connectivity index (χ0) is 31.3. The van der Waals surface area contributed by atoms with Crippen LogP contribution in [0.3, 0.4) is 0 Å². The van der Waals surface area contributed by atoms with E-state index in [1.54, 1.807) is 30.3 Å². The van der Waals surface area contributed by atoms with Crippen molar-refractivity contribution in [1.82, 2.24) is 4.90 Å². The summed E-state index contributed by atoms with van der Waals surface area (Å²) in [6.07, 6.45) is -4.81. The van der Waals surface area contributed by atoms with E-state index in [4.69, 9.17) is 11.3 Å². The van der Waals surface area contributed by atoms with Gasteiger partial charge in [-0.25, -0.2) is 4.79 Å². The smallest absolute Gasteiger partial charge is 0.407 e. The van der Waals surface area contributed by atoms with Gasteiger partial charge in [0.25, 0.3) is 8.32 Å².